The van der Waals surface area contributed by atoms with E-state index in [4.69, 9.17) is 9.72 Å². The van der Waals surface area contributed by atoms with E-state index in [0.29, 0.717) is 60.5 Å². The maximum absolute atomic E-state index is 16.9. The monoisotopic (exact) mass is 1070 g/mol. The first kappa shape index (κ1) is 48.9. The van der Waals surface area contributed by atoms with Gasteiger partial charge in [-0.3, -0.25) is 13.6 Å². The molecule has 0 fully saturated rings. The van der Waals surface area contributed by atoms with Gasteiger partial charge in [0.05, 0.1) is 45.4 Å². The number of nitrogens with one attached hydrogen (secondary N) is 3. The molecule has 0 amide bonds. The molecule has 0 aliphatic carbocycles. The Labute approximate surface area is 431 Å². The number of aromatic amines is 3. The molecule has 0 saturated heterocycles. The van der Waals surface area contributed by atoms with Gasteiger partial charge in [-0.05, 0) is 114 Å². The van der Waals surface area contributed by atoms with Gasteiger partial charge in [0.15, 0.2) is 40.7 Å². The molecule has 6 aromatic heterocycles. The first-order valence-corrected chi connectivity index (χ1v) is 23.3. The van der Waals surface area contributed by atoms with E-state index in [-0.39, 0.29) is 38.8 Å². The van der Waals surface area contributed by atoms with E-state index in [0.717, 1.165) is 24.5 Å². The number of phenols is 2. The Hall–Kier alpha value is -10.1. The fourth-order valence-corrected chi connectivity index (χ4v) is 9.57. The summed E-state index contributed by atoms with van der Waals surface area (Å²) >= 11 is 0. The van der Waals surface area contributed by atoms with Crippen LogP contribution in [0, 0.1) is 46.5 Å². The molecule has 23 heteroatoms. The van der Waals surface area contributed by atoms with Crippen LogP contribution in [-0.2, 0) is 6.61 Å². The molecule has 2 aliphatic heterocycles. The van der Waals surface area contributed by atoms with Gasteiger partial charge in [0, 0.05) is 56.2 Å². The van der Waals surface area contributed by atoms with Crippen molar-refractivity contribution in [2.45, 2.75) is 6.61 Å². The van der Waals surface area contributed by atoms with Gasteiger partial charge in [-0.25, -0.2) is 36.0 Å². The van der Waals surface area contributed by atoms with Crippen molar-refractivity contribution in [2.24, 2.45) is 4.99 Å². The zero-order chi connectivity index (χ0) is 54.3. The first-order valence-electron chi connectivity index (χ1n) is 23.3. The summed E-state index contributed by atoms with van der Waals surface area (Å²) in [7, 11) is -3.24. The lowest BCUT2D eigenvalue weighted by atomic mass is 9.96. The molecule has 386 valence electrons. The number of phenolic OH excluding ortho intramolecular Hbond substituents is 2. The molecule has 12 nitrogen and oxygen atoms in total. The Morgan fingerprint density at radius 1 is 0.577 bits per heavy atom. The molecule has 0 spiro atoms. The smallest absolute Gasteiger partial charge is 0.508 e. The number of ether oxygens (including phenoxy) is 1. The van der Waals surface area contributed by atoms with Gasteiger partial charge < -0.3 is 34.4 Å². The Morgan fingerprint density at radius 3 is 1.71 bits per heavy atom. The second kappa shape index (κ2) is 19.0. The molecule has 8 heterocycles. The van der Waals surface area contributed by atoms with Crippen molar-refractivity contribution in [3.8, 4) is 56.3 Å². The number of aliphatic imine (C=N–C) groups is 1. The molecule has 2 aliphatic rings. The van der Waals surface area contributed by atoms with Gasteiger partial charge in [0.2, 0.25) is 11.6 Å². The SMILES string of the molecule is Oc1cccc(-c2c3nc(c(-c4c(F)c(F)c(OCc5cn(-c6c(F)c(F)c(/C(=C7/C=CC=N7)c7cccn7B(F)F)c(F)c6F)nn5)c(F)c4F)c4ccc([nH]4)c(-c4cccc(O)c4)c4ccc([nH]4)c4ccc2[nH]4)C=C3)c1. The minimum absolute atomic E-state index is 0.0829. The van der Waals surface area contributed by atoms with E-state index >= 15 is 35.1 Å². The molecule has 10 aromatic rings. The number of nitrogens with zero attached hydrogens (tertiary/aromatic N) is 6. The number of hydrogen-bond acceptors (Lipinski definition) is 7. The molecule has 0 saturated carbocycles. The number of aromatic hydroxyl groups is 2. The van der Waals surface area contributed by atoms with Crippen molar-refractivity contribution in [1.82, 2.24) is 39.4 Å². The molecule has 0 radical (unpaired) electrons. The number of benzene rings is 4. The highest BCUT2D eigenvalue weighted by Crippen LogP contribution is 2.43. The predicted octanol–water partition coefficient (Wildman–Crippen LogP) is 13.4. The lowest BCUT2D eigenvalue weighted by Crippen LogP contribution is -2.17. The van der Waals surface area contributed by atoms with E-state index in [9.17, 15) is 18.8 Å². The van der Waals surface area contributed by atoms with Crippen molar-refractivity contribution in [3.63, 3.8) is 0 Å². The molecule has 4 aromatic carbocycles. The van der Waals surface area contributed by atoms with Gasteiger partial charge in [-0.15, -0.1) is 5.10 Å². The molecule has 78 heavy (non-hydrogen) atoms. The summed E-state index contributed by atoms with van der Waals surface area (Å²) in [6.07, 6.45) is 8.04. The van der Waals surface area contributed by atoms with Crippen molar-refractivity contribution in [2.75, 3.05) is 0 Å². The number of H-pyrrole nitrogens is 3. The summed E-state index contributed by atoms with van der Waals surface area (Å²) in [5, 5.41) is 28.2. The number of rotatable bonds is 10. The fourth-order valence-electron chi connectivity index (χ4n) is 9.57. The van der Waals surface area contributed by atoms with Crippen molar-refractivity contribution >= 4 is 64.4 Å². The fraction of sp³-hybridized carbons (Fsp3) is 0.0182. The summed E-state index contributed by atoms with van der Waals surface area (Å²) < 4.78 is 165. The van der Waals surface area contributed by atoms with E-state index < -0.39 is 106 Å². The third kappa shape index (κ3) is 8.13. The van der Waals surface area contributed by atoms with Gasteiger partial charge >= 0.3 is 7.40 Å². The second-order valence-electron chi connectivity index (χ2n) is 17.7. The maximum atomic E-state index is 16.9. The molecule has 0 unspecified atom stereocenters. The highest BCUT2D eigenvalue weighted by Gasteiger charge is 2.35. The van der Waals surface area contributed by atoms with Crippen molar-refractivity contribution < 1.29 is 58.7 Å². The summed E-state index contributed by atoms with van der Waals surface area (Å²) in [6.45, 7) is -1.10. The van der Waals surface area contributed by atoms with Crippen LogP contribution in [0.1, 0.15) is 28.3 Å². The third-order valence-electron chi connectivity index (χ3n) is 13.0. The summed E-state index contributed by atoms with van der Waals surface area (Å²) in [5.74, 6) is -18.0. The molecular weight excluding hydrogens is 1040 g/mol. The van der Waals surface area contributed by atoms with Gasteiger partial charge in [0.25, 0.3) is 0 Å². The number of hydrogen-bond donors (Lipinski definition) is 5. The Kier molecular flexibility index (Phi) is 11.9. The topological polar surface area (TPSA) is 158 Å². The summed E-state index contributed by atoms with van der Waals surface area (Å²) in [6, 6.07) is 24.7. The van der Waals surface area contributed by atoms with Crippen molar-refractivity contribution in [3.05, 3.63) is 202 Å². The Morgan fingerprint density at radius 2 is 1.13 bits per heavy atom. The second-order valence-corrected chi connectivity index (χ2v) is 17.7. The standard InChI is InChI=1S/C55H30BF10N9O3/c57-46-45(43(32-9-3-19-67-32)39-10-4-20-74(39)56(65)66)47(58)51(62)54(50(46)61)75-23-27(72-73-75)24-78-55-52(63)48(59)44(49(60)53(55)64)42-37-17-15-35(70-37)40(25-5-1-7-28(76)21-25)33-13-11-30(68-33)31-12-14-34(69-31)41(36-16-18-38(42)71-36)26-6-2-8-29(77)22-26/h1-23,68-70,76-77H,24H2/b31-30?,40-33?,40-35?,41-34?,41-36?,42-37?,42-38?,43-32-. The third-order valence-corrected chi connectivity index (χ3v) is 13.0. The quantitative estimate of drug-likeness (QED) is 0.0521. The zero-order valence-corrected chi connectivity index (χ0v) is 39.3. The van der Waals surface area contributed by atoms with Crippen LogP contribution in [0.2, 0.25) is 0 Å². The van der Waals surface area contributed by atoms with Crippen LogP contribution in [-0.4, -0.2) is 63.2 Å². The number of allylic oxidation sites excluding steroid dienone is 2. The largest absolute Gasteiger partial charge is 0.677 e. The van der Waals surface area contributed by atoms with Crippen LogP contribution < -0.4 is 4.74 Å². The summed E-state index contributed by atoms with van der Waals surface area (Å²) in [5.41, 5.74) is -2.33. The van der Waals surface area contributed by atoms with Crippen LogP contribution >= 0.6 is 0 Å². The van der Waals surface area contributed by atoms with E-state index in [1.54, 1.807) is 54.6 Å². The molecule has 8 bridgehead atoms. The highest BCUT2D eigenvalue weighted by molar-refractivity contribution is 6.41. The zero-order valence-electron chi connectivity index (χ0n) is 39.3. The first-order chi connectivity index (χ1) is 37.6. The van der Waals surface area contributed by atoms with Crippen LogP contribution in [0.4, 0.5) is 43.8 Å². The number of aromatic nitrogens is 8. The molecule has 0 atom stereocenters. The van der Waals surface area contributed by atoms with Gasteiger partial charge in [-0.1, -0.05) is 29.5 Å². The van der Waals surface area contributed by atoms with E-state index in [1.807, 2.05) is 0 Å². The molecule has 5 N–H and O–H groups in total. The van der Waals surface area contributed by atoms with Crippen LogP contribution in [0.5, 0.6) is 17.2 Å². The average Bonchev–Trinajstić information content (AvgIpc) is 4.42. The normalized spacial score (nSPS) is 13.2. The highest BCUT2D eigenvalue weighted by atomic mass is 19.2. The van der Waals surface area contributed by atoms with Gasteiger partial charge in [-0.2, -0.15) is 8.78 Å². The van der Waals surface area contributed by atoms with Crippen LogP contribution in [0.25, 0.3) is 89.9 Å². The van der Waals surface area contributed by atoms with E-state index in [2.05, 4.69) is 30.3 Å². The van der Waals surface area contributed by atoms with Crippen molar-refractivity contribution in [1.29, 1.82) is 0 Å². The summed E-state index contributed by atoms with van der Waals surface area (Å²) in [4.78, 5) is 18.6. The Balaban J connectivity index is 0.971. The molecule has 12 rings (SSSR count). The predicted molar refractivity (Wildman–Crippen MR) is 272 cm³/mol. The average molecular weight is 1070 g/mol. The van der Waals surface area contributed by atoms with Gasteiger partial charge in [0.1, 0.15) is 29.5 Å². The van der Waals surface area contributed by atoms with E-state index in [1.165, 1.54) is 54.6 Å². The number of fused-ring (bicyclic) bond motifs is 9. The molecular formula is C55H30BF10N9O3. The number of halogens is 10. The van der Waals surface area contributed by atoms with Crippen LogP contribution in [0.15, 0.2) is 132 Å². The lowest BCUT2D eigenvalue weighted by Gasteiger charge is -2.17. The minimum atomic E-state index is -3.24. The Bertz CT molecular complexity index is 4350. The minimum Gasteiger partial charge on any atom is -0.508 e. The lowest BCUT2D eigenvalue weighted by molar-refractivity contribution is 0.258. The van der Waals surface area contributed by atoms with Crippen LogP contribution in [0.3, 0.4) is 0 Å². The maximum Gasteiger partial charge on any atom is 0.677 e.